The van der Waals surface area contributed by atoms with Crippen molar-refractivity contribution >= 4 is 18.4 Å². The molecule has 1 aromatic carbocycles. The van der Waals surface area contributed by atoms with Crippen LogP contribution in [0.3, 0.4) is 0 Å². The van der Waals surface area contributed by atoms with Gasteiger partial charge in [0.25, 0.3) is 0 Å². The number of benzene rings is 1. The molecule has 0 bridgehead atoms. The Morgan fingerprint density at radius 2 is 2.06 bits per heavy atom. The Kier molecular flexibility index (Phi) is 5.95. The molecule has 0 aromatic heterocycles. The Morgan fingerprint density at radius 3 is 2.53 bits per heavy atom. The van der Waals surface area contributed by atoms with Crippen molar-refractivity contribution in [2.45, 2.75) is 19.4 Å². The molecule has 0 fully saturated rings. The van der Waals surface area contributed by atoms with Crippen LogP contribution in [0.1, 0.15) is 33.9 Å². The highest BCUT2D eigenvalue weighted by Crippen LogP contribution is 2.31. The molecule has 0 saturated carbocycles. The van der Waals surface area contributed by atoms with Crippen LogP contribution in [0.25, 0.3) is 0 Å². The summed E-state index contributed by atoms with van der Waals surface area (Å²) in [6, 6.07) is 2.44. The number of aromatic hydroxyl groups is 1. The van der Waals surface area contributed by atoms with Gasteiger partial charge in [0.1, 0.15) is 5.75 Å². The summed E-state index contributed by atoms with van der Waals surface area (Å²) in [5.41, 5.74) is 12.1. The summed E-state index contributed by atoms with van der Waals surface area (Å²) in [6.45, 7) is 2.03. The number of aryl methyl sites for hydroxylation is 1. The van der Waals surface area contributed by atoms with Gasteiger partial charge in [-0.15, -0.1) is 12.4 Å². The zero-order valence-corrected chi connectivity index (χ0v) is 10.3. The molecule has 0 spiro atoms. The summed E-state index contributed by atoms with van der Waals surface area (Å²) in [6.07, 6.45) is 0.428. The van der Waals surface area contributed by atoms with E-state index in [0.717, 1.165) is 0 Å². The van der Waals surface area contributed by atoms with Crippen LogP contribution >= 0.6 is 12.4 Å². The number of phenolic OH excluding ortho intramolecular Hbond substituents is 1. The lowest BCUT2D eigenvalue weighted by molar-refractivity contribution is 0.0694. The Morgan fingerprint density at radius 1 is 1.47 bits per heavy atom. The monoisotopic (exact) mass is 260 g/mol. The molecule has 0 aliphatic rings. The third-order valence-corrected chi connectivity index (χ3v) is 2.50. The van der Waals surface area contributed by atoms with Crippen LogP contribution in [-0.2, 0) is 0 Å². The number of aromatic carboxylic acids is 1. The molecule has 1 atom stereocenters. The Balaban J connectivity index is 0.00000256. The van der Waals surface area contributed by atoms with Gasteiger partial charge in [-0.3, -0.25) is 0 Å². The first-order valence-electron chi connectivity index (χ1n) is 5.00. The van der Waals surface area contributed by atoms with E-state index in [-0.39, 0.29) is 29.3 Å². The largest absolute Gasteiger partial charge is 0.507 e. The molecule has 0 unspecified atom stereocenters. The summed E-state index contributed by atoms with van der Waals surface area (Å²) in [4.78, 5) is 11.0. The number of rotatable bonds is 4. The predicted octanol–water partition coefficient (Wildman–Crippen LogP) is 1.17. The molecule has 5 nitrogen and oxygen atoms in total. The zero-order valence-electron chi connectivity index (χ0n) is 9.51. The second-order valence-electron chi connectivity index (χ2n) is 3.68. The van der Waals surface area contributed by atoms with Crippen LogP contribution < -0.4 is 11.5 Å². The molecule has 0 aliphatic heterocycles. The van der Waals surface area contributed by atoms with Crippen molar-refractivity contribution in [1.29, 1.82) is 0 Å². The van der Waals surface area contributed by atoms with Gasteiger partial charge in [0.05, 0.1) is 5.56 Å². The van der Waals surface area contributed by atoms with Crippen molar-refractivity contribution in [3.8, 4) is 5.75 Å². The summed E-state index contributed by atoms with van der Waals surface area (Å²) in [5, 5.41) is 18.8. The first-order valence-corrected chi connectivity index (χ1v) is 5.00. The first kappa shape index (κ1) is 15.7. The summed E-state index contributed by atoms with van der Waals surface area (Å²) in [5.74, 6) is -1.15. The first-order chi connectivity index (χ1) is 7.49. The minimum absolute atomic E-state index is 0. The van der Waals surface area contributed by atoms with E-state index in [2.05, 4.69) is 0 Å². The summed E-state index contributed by atoms with van der Waals surface area (Å²) in [7, 11) is 0. The average molecular weight is 261 g/mol. The predicted molar refractivity (Wildman–Crippen MR) is 67.7 cm³/mol. The second-order valence-corrected chi connectivity index (χ2v) is 3.68. The summed E-state index contributed by atoms with van der Waals surface area (Å²) >= 11 is 0. The molecule has 1 aromatic rings. The Bertz CT molecular complexity index is 410. The smallest absolute Gasteiger partial charge is 0.336 e. The van der Waals surface area contributed by atoms with E-state index < -0.39 is 12.0 Å². The lowest BCUT2D eigenvalue weighted by Crippen LogP contribution is -2.19. The number of carboxylic acid groups (broad SMARTS) is 1. The minimum atomic E-state index is -1.10. The Labute approximate surface area is 106 Å². The van der Waals surface area contributed by atoms with Crippen molar-refractivity contribution in [2.75, 3.05) is 6.54 Å². The SMILES string of the molecule is Cc1ccc(C(=O)O)c([C@@H](N)CCN)c1O.Cl. The molecule has 6 heteroatoms. The minimum Gasteiger partial charge on any atom is -0.507 e. The third kappa shape index (κ3) is 3.33. The number of carbonyl (C=O) groups is 1. The molecule has 1 rings (SSSR count). The lowest BCUT2D eigenvalue weighted by atomic mass is 9.95. The third-order valence-electron chi connectivity index (χ3n) is 2.50. The van der Waals surface area contributed by atoms with Crippen molar-refractivity contribution in [2.24, 2.45) is 11.5 Å². The highest BCUT2D eigenvalue weighted by molar-refractivity contribution is 5.90. The van der Waals surface area contributed by atoms with E-state index in [1.807, 2.05) is 0 Å². The van der Waals surface area contributed by atoms with Crippen molar-refractivity contribution in [3.05, 3.63) is 28.8 Å². The molecule has 0 saturated heterocycles. The van der Waals surface area contributed by atoms with E-state index in [1.54, 1.807) is 13.0 Å². The van der Waals surface area contributed by atoms with Gasteiger partial charge in [-0.1, -0.05) is 6.07 Å². The fourth-order valence-electron chi connectivity index (χ4n) is 1.60. The van der Waals surface area contributed by atoms with Gasteiger partial charge in [0, 0.05) is 11.6 Å². The fraction of sp³-hybridized carbons (Fsp3) is 0.364. The van der Waals surface area contributed by atoms with E-state index in [9.17, 15) is 9.90 Å². The van der Waals surface area contributed by atoms with Gasteiger partial charge < -0.3 is 21.7 Å². The topological polar surface area (TPSA) is 110 Å². The van der Waals surface area contributed by atoms with Crippen molar-refractivity contribution < 1.29 is 15.0 Å². The van der Waals surface area contributed by atoms with E-state index >= 15 is 0 Å². The van der Waals surface area contributed by atoms with Crippen LogP contribution in [0.5, 0.6) is 5.75 Å². The molecular formula is C11H17ClN2O3. The van der Waals surface area contributed by atoms with Crippen molar-refractivity contribution in [1.82, 2.24) is 0 Å². The lowest BCUT2D eigenvalue weighted by Gasteiger charge is -2.16. The van der Waals surface area contributed by atoms with Gasteiger partial charge in [-0.05, 0) is 31.5 Å². The highest BCUT2D eigenvalue weighted by Gasteiger charge is 2.20. The van der Waals surface area contributed by atoms with Gasteiger partial charge >= 0.3 is 5.97 Å². The van der Waals surface area contributed by atoms with Gasteiger partial charge in [0.15, 0.2) is 0 Å². The van der Waals surface area contributed by atoms with Crippen LogP contribution in [0.15, 0.2) is 12.1 Å². The standard InChI is InChI=1S/C11H16N2O3.ClH/c1-6-2-3-7(11(15)16)9(10(6)14)8(13)4-5-12;/h2-3,8,14H,4-5,12-13H2,1H3,(H,15,16);1H/t8-;/m0./s1. The molecular weight excluding hydrogens is 244 g/mol. The number of carboxylic acids is 1. The number of phenols is 1. The number of halogens is 1. The second kappa shape index (κ2) is 6.44. The molecule has 96 valence electrons. The average Bonchev–Trinajstić information content (AvgIpc) is 2.21. The maximum absolute atomic E-state index is 11.0. The normalized spacial score (nSPS) is 11.7. The van der Waals surface area contributed by atoms with E-state index in [0.29, 0.717) is 18.5 Å². The molecule has 0 heterocycles. The molecule has 0 aliphatic carbocycles. The molecule has 0 radical (unpaired) electrons. The van der Waals surface area contributed by atoms with Crippen molar-refractivity contribution in [3.63, 3.8) is 0 Å². The molecule has 6 N–H and O–H groups in total. The van der Waals surface area contributed by atoms with Crippen LogP contribution in [-0.4, -0.2) is 22.7 Å². The Hall–Kier alpha value is -1.30. The number of nitrogens with two attached hydrogens (primary N) is 2. The highest BCUT2D eigenvalue weighted by atomic mass is 35.5. The van der Waals surface area contributed by atoms with Gasteiger partial charge in [-0.2, -0.15) is 0 Å². The number of hydrogen-bond donors (Lipinski definition) is 4. The zero-order chi connectivity index (χ0) is 12.3. The van der Waals surface area contributed by atoms with E-state index in [4.69, 9.17) is 16.6 Å². The molecule has 17 heavy (non-hydrogen) atoms. The fourth-order valence-corrected chi connectivity index (χ4v) is 1.60. The van der Waals surface area contributed by atoms with Crippen LogP contribution in [0, 0.1) is 6.92 Å². The van der Waals surface area contributed by atoms with E-state index in [1.165, 1.54) is 6.07 Å². The van der Waals surface area contributed by atoms with Gasteiger partial charge in [0.2, 0.25) is 0 Å². The maximum Gasteiger partial charge on any atom is 0.336 e. The molecule has 0 amide bonds. The summed E-state index contributed by atoms with van der Waals surface area (Å²) < 4.78 is 0. The number of hydrogen-bond acceptors (Lipinski definition) is 4. The van der Waals surface area contributed by atoms with Gasteiger partial charge in [-0.25, -0.2) is 4.79 Å². The van der Waals surface area contributed by atoms with Crippen LogP contribution in [0.4, 0.5) is 0 Å². The van der Waals surface area contributed by atoms with Crippen LogP contribution in [0.2, 0.25) is 0 Å². The maximum atomic E-state index is 11.0. The quantitative estimate of drug-likeness (QED) is 0.650.